The molecule has 30 heavy (non-hydrogen) atoms. The molecule has 0 unspecified atom stereocenters. The minimum Gasteiger partial charge on any atom is -0.464 e. The van der Waals surface area contributed by atoms with Crippen LogP contribution in [-0.2, 0) is 6.54 Å². The number of nitrogens with zero attached hydrogens (tertiary/aromatic N) is 3. The van der Waals surface area contributed by atoms with Gasteiger partial charge in [0.1, 0.15) is 28.9 Å². The van der Waals surface area contributed by atoms with Gasteiger partial charge in [-0.1, -0.05) is 17.8 Å². The van der Waals surface area contributed by atoms with E-state index >= 15 is 0 Å². The van der Waals surface area contributed by atoms with Crippen molar-refractivity contribution in [3.8, 4) is 0 Å². The largest absolute Gasteiger partial charge is 0.464 e. The highest BCUT2D eigenvalue weighted by molar-refractivity contribution is 7.99. The molecule has 1 amide bonds. The van der Waals surface area contributed by atoms with Crippen LogP contribution in [0.1, 0.15) is 33.0 Å². The molecule has 0 saturated heterocycles. The second-order valence-electron chi connectivity index (χ2n) is 7.04. The molecular weight excluding hydrogens is 396 g/mol. The summed E-state index contributed by atoms with van der Waals surface area (Å²) in [7, 11) is 0. The van der Waals surface area contributed by atoms with Crippen molar-refractivity contribution in [2.24, 2.45) is 0 Å². The standard InChI is InChI=1S/C23H22N4O2S/c1-15-6-9-19(13-16(15)2)30-23-20(5-4-11-24-23)22(28)26-21-10-12-25-27(21)14-18-8-7-17(3)29-18/h4-13H,14H2,1-3H3,(H,26,28). The van der Waals surface area contributed by atoms with Crippen molar-refractivity contribution in [3.05, 3.63) is 89.1 Å². The molecule has 0 atom stereocenters. The number of hydrogen-bond donors (Lipinski definition) is 1. The average Bonchev–Trinajstić information content (AvgIpc) is 3.34. The van der Waals surface area contributed by atoms with E-state index in [9.17, 15) is 4.79 Å². The molecule has 0 aliphatic carbocycles. The lowest BCUT2D eigenvalue weighted by atomic mass is 10.1. The Labute approximate surface area is 179 Å². The van der Waals surface area contributed by atoms with Crippen molar-refractivity contribution in [1.82, 2.24) is 14.8 Å². The molecule has 0 fully saturated rings. The molecule has 6 nitrogen and oxygen atoms in total. The van der Waals surface area contributed by atoms with E-state index in [0.29, 0.717) is 23.0 Å². The van der Waals surface area contributed by atoms with Gasteiger partial charge < -0.3 is 9.73 Å². The molecule has 1 N–H and O–H groups in total. The lowest BCUT2D eigenvalue weighted by Gasteiger charge is -2.11. The van der Waals surface area contributed by atoms with Crippen LogP contribution in [0.25, 0.3) is 0 Å². The van der Waals surface area contributed by atoms with Gasteiger partial charge in [0.2, 0.25) is 0 Å². The van der Waals surface area contributed by atoms with Gasteiger partial charge >= 0.3 is 0 Å². The van der Waals surface area contributed by atoms with Crippen molar-refractivity contribution < 1.29 is 9.21 Å². The van der Waals surface area contributed by atoms with Crippen molar-refractivity contribution in [2.75, 3.05) is 5.32 Å². The van der Waals surface area contributed by atoms with E-state index in [2.05, 4.69) is 41.4 Å². The van der Waals surface area contributed by atoms with E-state index in [-0.39, 0.29) is 5.91 Å². The van der Waals surface area contributed by atoms with Crippen LogP contribution < -0.4 is 5.32 Å². The Morgan fingerprint density at radius 2 is 1.93 bits per heavy atom. The van der Waals surface area contributed by atoms with Crippen LogP contribution in [0.15, 0.2) is 75.3 Å². The summed E-state index contributed by atoms with van der Waals surface area (Å²) >= 11 is 1.48. The minimum absolute atomic E-state index is 0.230. The number of benzene rings is 1. The second kappa shape index (κ2) is 8.59. The summed E-state index contributed by atoms with van der Waals surface area (Å²) in [6, 6.07) is 15.4. The van der Waals surface area contributed by atoms with Gasteiger partial charge in [0.05, 0.1) is 11.8 Å². The van der Waals surface area contributed by atoms with Crippen LogP contribution in [0.2, 0.25) is 0 Å². The third-order valence-corrected chi connectivity index (χ3v) is 5.78. The van der Waals surface area contributed by atoms with Crippen molar-refractivity contribution in [3.63, 3.8) is 0 Å². The fourth-order valence-corrected chi connectivity index (χ4v) is 3.98. The van der Waals surface area contributed by atoms with Crippen LogP contribution >= 0.6 is 11.8 Å². The number of carbonyl (C=O) groups excluding carboxylic acids is 1. The Bertz CT molecular complexity index is 1200. The first kappa shape index (κ1) is 20.0. The number of carbonyl (C=O) groups is 1. The molecule has 7 heteroatoms. The summed E-state index contributed by atoms with van der Waals surface area (Å²) < 4.78 is 7.32. The monoisotopic (exact) mass is 418 g/mol. The molecule has 0 saturated carbocycles. The van der Waals surface area contributed by atoms with Crippen LogP contribution in [0, 0.1) is 20.8 Å². The van der Waals surface area contributed by atoms with Gasteiger partial charge in [-0.05, 0) is 68.3 Å². The normalized spacial score (nSPS) is 10.9. The first-order valence-electron chi connectivity index (χ1n) is 9.58. The van der Waals surface area contributed by atoms with Crippen LogP contribution in [0.4, 0.5) is 5.82 Å². The lowest BCUT2D eigenvalue weighted by Crippen LogP contribution is -2.17. The van der Waals surface area contributed by atoms with Gasteiger partial charge in [0.25, 0.3) is 5.91 Å². The van der Waals surface area contributed by atoms with E-state index in [1.165, 1.54) is 22.9 Å². The van der Waals surface area contributed by atoms with Crippen LogP contribution in [0.3, 0.4) is 0 Å². The fraction of sp³-hybridized carbons (Fsp3) is 0.174. The Morgan fingerprint density at radius 3 is 2.70 bits per heavy atom. The first-order valence-corrected chi connectivity index (χ1v) is 10.4. The zero-order chi connectivity index (χ0) is 21.1. The van der Waals surface area contributed by atoms with Gasteiger partial charge in [-0.3, -0.25) is 4.79 Å². The number of nitrogens with one attached hydrogen (secondary N) is 1. The van der Waals surface area contributed by atoms with Crippen molar-refractivity contribution in [2.45, 2.75) is 37.2 Å². The number of rotatable bonds is 6. The third-order valence-electron chi connectivity index (χ3n) is 4.77. The average molecular weight is 419 g/mol. The summed E-state index contributed by atoms with van der Waals surface area (Å²) in [6.07, 6.45) is 3.35. The quantitative estimate of drug-likeness (QED) is 0.463. The Morgan fingerprint density at radius 1 is 1.07 bits per heavy atom. The number of aromatic nitrogens is 3. The van der Waals surface area contributed by atoms with Gasteiger partial charge in [-0.15, -0.1) is 0 Å². The Balaban J connectivity index is 1.53. The van der Waals surface area contributed by atoms with Gasteiger partial charge in [0, 0.05) is 17.2 Å². The lowest BCUT2D eigenvalue weighted by molar-refractivity contribution is 0.102. The Kier molecular flexibility index (Phi) is 5.72. The summed E-state index contributed by atoms with van der Waals surface area (Å²) in [4.78, 5) is 18.5. The predicted octanol–water partition coefficient (Wildman–Crippen LogP) is 5.25. The van der Waals surface area contributed by atoms with Gasteiger partial charge in [0.15, 0.2) is 0 Å². The maximum Gasteiger partial charge on any atom is 0.259 e. The summed E-state index contributed by atoms with van der Waals surface area (Å²) in [6.45, 7) is 6.49. The number of pyridine rings is 1. The SMILES string of the molecule is Cc1ccc(Cn2nccc2NC(=O)c2cccnc2Sc2ccc(C)c(C)c2)o1. The van der Waals surface area contributed by atoms with Crippen molar-refractivity contribution >= 4 is 23.5 Å². The molecule has 152 valence electrons. The molecule has 1 aromatic carbocycles. The molecule has 3 aromatic heterocycles. The first-order chi connectivity index (χ1) is 14.5. The summed E-state index contributed by atoms with van der Waals surface area (Å²) in [5, 5.41) is 7.90. The predicted molar refractivity (Wildman–Crippen MR) is 117 cm³/mol. The molecule has 0 aliphatic heterocycles. The van der Waals surface area contributed by atoms with E-state index < -0.39 is 0 Å². The van der Waals surface area contributed by atoms with Gasteiger partial charge in [-0.25, -0.2) is 9.67 Å². The molecule has 0 radical (unpaired) electrons. The molecular formula is C23H22N4O2S. The molecule has 0 bridgehead atoms. The number of furan rings is 1. The third kappa shape index (κ3) is 4.46. The smallest absolute Gasteiger partial charge is 0.259 e. The number of aryl methyl sites for hydroxylation is 3. The highest BCUT2D eigenvalue weighted by atomic mass is 32.2. The molecule has 4 aromatic rings. The molecule has 4 rings (SSSR count). The fourth-order valence-electron chi connectivity index (χ4n) is 3.00. The highest BCUT2D eigenvalue weighted by Gasteiger charge is 2.16. The number of hydrogen-bond acceptors (Lipinski definition) is 5. The van der Waals surface area contributed by atoms with Gasteiger partial charge in [-0.2, -0.15) is 5.10 Å². The van der Waals surface area contributed by atoms with Crippen molar-refractivity contribution in [1.29, 1.82) is 0 Å². The van der Waals surface area contributed by atoms with E-state index in [1.807, 2.05) is 25.1 Å². The summed E-state index contributed by atoms with van der Waals surface area (Å²) in [5.41, 5.74) is 2.96. The maximum atomic E-state index is 13.0. The number of anilines is 1. The van der Waals surface area contributed by atoms with E-state index in [4.69, 9.17) is 4.42 Å². The van der Waals surface area contributed by atoms with Crippen LogP contribution in [-0.4, -0.2) is 20.7 Å². The molecule has 0 spiro atoms. The summed E-state index contributed by atoms with van der Waals surface area (Å²) in [5.74, 6) is 1.98. The van der Waals surface area contributed by atoms with E-state index in [1.54, 1.807) is 35.3 Å². The maximum absolute atomic E-state index is 13.0. The van der Waals surface area contributed by atoms with Crippen LogP contribution in [0.5, 0.6) is 0 Å². The molecule has 0 aliphatic rings. The topological polar surface area (TPSA) is 73.0 Å². The zero-order valence-electron chi connectivity index (χ0n) is 17.0. The zero-order valence-corrected chi connectivity index (χ0v) is 17.9. The number of amides is 1. The highest BCUT2D eigenvalue weighted by Crippen LogP contribution is 2.30. The Hall–Kier alpha value is -3.32. The minimum atomic E-state index is -0.230. The second-order valence-corrected chi connectivity index (χ2v) is 8.11. The molecule has 3 heterocycles. The van der Waals surface area contributed by atoms with E-state index in [0.717, 1.165) is 16.4 Å².